The maximum absolute atomic E-state index is 5.91. The van der Waals surface area contributed by atoms with Gasteiger partial charge in [0.05, 0.1) is 0 Å². The molecule has 0 aliphatic heterocycles. The first-order valence-electron chi connectivity index (χ1n) is 5.15. The first-order chi connectivity index (χ1) is 7.13. The van der Waals surface area contributed by atoms with E-state index < -0.39 is 0 Å². The predicted octanol–water partition coefficient (Wildman–Crippen LogP) is 3.09. The molecule has 0 fully saturated rings. The zero-order valence-electron chi connectivity index (χ0n) is 9.62. The van der Waals surface area contributed by atoms with Crippen LogP contribution in [0.3, 0.4) is 0 Å². The van der Waals surface area contributed by atoms with Gasteiger partial charge in [0.25, 0.3) is 0 Å². The Hall–Kier alpha value is -0.670. The molecular formula is C12H19NOS. The van der Waals surface area contributed by atoms with E-state index in [1.807, 2.05) is 23.9 Å². The second-order valence-corrected chi connectivity index (χ2v) is 5.23. The maximum atomic E-state index is 5.91. The molecule has 1 aromatic rings. The van der Waals surface area contributed by atoms with E-state index in [1.165, 1.54) is 10.5 Å². The Morgan fingerprint density at radius 3 is 2.87 bits per heavy atom. The average Bonchev–Trinajstić information content (AvgIpc) is 2.20. The Bertz CT molecular complexity index is 314. The minimum Gasteiger partial charge on any atom is -0.398 e. The monoisotopic (exact) mass is 225 g/mol. The van der Waals surface area contributed by atoms with Gasteiger partial charge in [0, 0.05) is 29.5 Å². The van der Waals surface area contributed by atoms with Crippen molar-refractivity contribution >= 4 is 17.4 Å². The van der Waals surface area contributed by atoms with Gasteiger partial charge in [-0.15, -0.1) is 11.8 Å². The molecule has 0 heterocycles. The molecule has 15 heavy (non-hydrogen) atoms. The van der Waals surface area contributed by atoms with E-state index in [-0.39, 0.29) is 0 Å². The third-order valence-corrected chi connectivity index (χ3v) is 3.47. The first-order valence-corrected chi connectivity index (χ1v) is 6.03. The van der Waals surface area contributed by atoms with Crippen LogP contribution >= 0.6 is 11.8 Å². The van der Waals surface area contributed by atoms with Gasteiger partial charge in [-0.05, 0) is 31.0 Å². The highest BCUT2D eigenvalue weighted by molar-refractivity contribution is 8.00. The Kier molecular flexibility index (Phi) is 4.99. The molecule has 0 saturated carbocycles. The zero-order valence-corrected chi connectivity index (χ0v) is 10.4. The number of hydrogen-bond donors (Lipinski definition) is 1. The number of rotatable bonds is 5. The smallest absolute Gasteiger partial charge is 0.0472 e. The standard InChI is InChI=1S/C12H19NOS/c1-9-4-5-11(13)12(8-9)15-10(2)6-7-14-3/h4-5,8,10H,6-7,13H2,1-3H3. The highest BCUT2D eigenvalue weighted by Crippen LogP contribution is 2.30. The van der Waals surface area contributed by atoms with E-state index in [9.17, 15) is 0 Å². The van der Waals surface area contributed by atoms with Crippen LogP contribution in [0.25, 0.3) is 0 Å². The van der Waals surface area contributed by atoms with E-state index in [2.05, 4.69) is 19.9 Å². The Morgan fingerprint density at radius 1 is 1.47 bits per heavy atom. The molecule has 2 nitrogen and oxygen atoms in total. The Labute approximate surface area is 96.2 Å². The summed E-state index contributed by atoms with van der Waals surface area (Å²) in [5.74, 6) is 0. The zero-order chi connectivity index (χ0) is 11.3. The van der Waals surface area contributed by atoms with E-state index >= 15 is 0 Å². The third kappa shape index (κ3) is 4.14. The summed E-state index contributed by atoms with van der Waals surface area (Å²) in [5, 5.41) is 0.536. The van der Waals surface area contributed by atoms with Crippen molar-refractivity contribution in [2.75, 3.05) is 19.5 Å². The summed E-state index contributed by atoms with van der Waals surface area (Å²) in [6.45, 7) is 5.09. The topological polar surface area (TPSA) is 35.2 Å². The van der Waals surface area contributed by atoms with E-state index in [0.717, 1.165) is 18.7 Å². The summed E-state index contributed by atoms with van der Waals surface area (Å²) < 4.78 is 5.06. The van der Waals surface area contributed by atoms with Gasteiger partial charge >= 0.3 is 0 Å². The van der Waals surface area contributed by atoms with Gasteiger partial charge < -0.3 is 10.5 Å². The molecule has 1 rings (SSSR count). The van der Waals surface area contributed by atoms with Crippen LogP contribution in [0.4, 0.5) is 5.69 Å². The van der Waals surface area contributed by atoms with Crippen molar-refractivity contribution in [3.63, 3.8) is 0 Å². The number of aryl methyl sites for hydroxylation is 1. The van der Waals surface area contributed by atoms with E-state index in [1.54, 1.807) is 7.11 Å². The van der Waals surface area contributed by atoms with Crippen molar-refractivity contribution in [1.29, 1.82) is 0 Å². The van der Waals surface area contributed by atoms with Gasteiger partial charge in [-0.1, -0.05) is 13.0 Å². The molecule has 0 spiro atoms. The van der Waals surface area contributed by atoms with Crippen LogP contribution in [0, 0.1) is 6.92 Å². The van der Waals surface area contributed by atoms with Crippen LogP contribution < -0.4 is 5.73 Å². The van der Waals surface area contributed by atoms with Crippen molar-refractivity contribution in [3.8, 4) is 0 Å². The van der Waals surface area contributed by atoms with Crippen LogP contribution in [0.1, 0.15) is 18.9 Å². The number of benzene rings is 1. The Morgan fingerprint density at radius 2 is 2.20 bits per heavy atom. The molecule has 2 N–H and O–H groups in total. The lowest BCUT2D eigenvalue weighted by atomic mass is 10.2. The first kappa shape index (κ1) is 12.4. The molecule has 1 aromatic carbocycles. The van der Waals surface area contributed by atoms with Crippen molar-refractivity contribution < 1.29 is 4.74 Å². The molecule has 0 saturated heterocycles. The number of ether oxygens (including phenoxy) is 1. The van der Waals surface area contributed by atoms with Crippen LogP contribution in [-0.4, -0.2) is 19.0 Å². The van der Waals surface area contributed by atoms with Crippen LogP contribution in [0.5, 0.6) is 0 Å². The fourth-order valence-electron chi connectivity index (χ4n) is 1.30. The van der Waals surface area contributed by atoms with Crippen LogP contribution in [0.15, 0.2) is 23.1 Å². The van der Waals surface area contributed by atoms with Gasteiger partial charge in [0.15, 0.2) is 0 Å². The Balaban J connectivity index is 2.59. The molecule has 3 heteroatoms. The third-order valence-electron chi connectivity index (χ3n) is 2.23. The lowest BCUT2D eigenvalue weighted by molar-refractivity contribution is 0.195. The van der Waals surface area contributed by atoms with Crippen molar-refractivity contribution in [2.24, 2.45) is 0 Å². The number of thioether (sulfide) groups is 1. The molecule has 0 aromatic heterocycles. The normalized spacial score (nSPS) is 12.7. The minimum atomic E-state index is 0.536. The molecule has 0 aliphatic carbocycles. The number of hydrogen-bond acceptors (Lipinski definition) is 3. The summed E-state index contributed by atoms with van der Waals surface area (Å²) in [6.07, 6.45) is 1.05. The number of nitrogens with two attached hydrogens (primary N) is 1. The molecule has 0 amide bonds. The van der Waals surface area contributed by atoms with Crippen LogP contribution in [-0.2, 0) is 4.74 Å². The second-order valence-electron chi connectivity index (χ2n) is 3.75. The van der Waals surface area contributed by atoms with E-state index in [0.29, 0.717) is 5.25 Å². The summed E-state index contributed by atoms with van der Waals surface area (Å²) in [4.78, 5) is 1.18. The van der Waals surface area contributed by atoms with Crippen molar-refractivity contribution in [1.82, 2.24) is 0 Å². The fourth-order valence-corrected chi connectivity index (χ4v) is 2.41. The maximum Gasteiger partial charge on any atom is 0.0472 e. The second kappa shape index (κ2) is 6.03. The highest BCUT2D eigenvalue weighted by Gasteiger charge is 2.07. The minimum absolute atomic E-state index is 0.536. The van der Waals surface area contributed by atoms with Gasteiger partial charge in [-0.3, -0.25) is 0 Å². The summed E-state index contributed by atoms with van der Waals surface area (Å²) in [7, 11) is 1.73. The molecule has 0 radical (unpaired) electrons. The fraction of sp³-hybridized carbons (Fsp3) is 0.500. The van der Waals surface area contributed by atoms with Gasteiger partial charge in [-0.25, -0.2) is 0 Å². The number of nitrogen functional groups attached to an aromatic ring is 1. The van der Waals surface area contributed by atoms with Crippen molar-refractivity contribution in [2.45, 2.75) is 30.4 Å². The highest BCUT2D eigenvalue weighted by atomic mass is 32.2. The summed E-state index contributed by atoms with van der Waals surface area (Å²) in [5.41, 5.74) is 8.04. The van der Waals surface area contributed by atoms with Gasteiger partial charge in [-0.2, -0.15) is 0 Å². The largest absolute Gasteiger partial charge is 0.398 e. The van der Waals surface area contributed by atoms with Gasteiger partial charge in [0.2, 0.25) is 0 Å². The summed E-state index contributed by atoms with van der Waals surface area (Å²) in [6, 6.07) is 6.16. The summed E-state index contributed by atoms with van der Waals surface area (Å²) >= 11 is 1.82. The van der Waals surface area contributed by atoms with Crippen LogP contribution in [0.2, 0.25) is 0 Å². The molecular weight excluding hydrogens is 206 g/mol. The lowest BCUT2D eigenvalue weighted by Gasteiger charge is -2.12. The quantitative estimate of drug-likeness (QED) is 0.618. The SMILES string of the molecule is COCCC(C)Sc1cc(C)ccc1N. The lowest BCUT2D eigenvalue weighted by Crippen LogP contribution is -2.02. The molecule has 0 aliphatic rings. The molecule has 1 atom stereocenters. The number of anilines is 1. The number of methoxy groups -OCH3 is 1. The molecule has 0 bridgehead atoms. The average molecular weight is 225 g/mol. The molecule has 84 valence electrons. The van der Waals surface area contributed by atoms with Gasteiger partial charge in [0.1, 0.15) is 0 Å². The predicted molar refractivity (Wildman–Crippen MR) is 67.4 cm³/mol. The van der Waals surface area contributed by atoms with Crippen molar-refractivity contribution in [3.05, 3.63) is 23.8 Å². The molecule has 1 unspecified atom stereocenters. The van der Waals surface area contributed by atoms with E-state index in [4.69, 9.17) is 10.5 Å².